The first-order chi connectivity index (χ1) is 12.1. The minimum Gasteiger partial charge on any atom is -0.486 e. The summed E-state index contributed by atoms with van der Waals surface area (Å²) in [6, 6.07) is 14.9. The normalized spacial score (nSPS) is 14.2. The van der Waals surface area contributed by atoms with Crippen molar-refractivity contribution in [3.63, 3.8) is 0 Å². The summed E-state index contributed by atoms with van der Waals surface area (Å²) in [6.07, 6.45) is 1.61. The molecule has 0 spiro atoms. The van der Waals surface area contributed by atoms with E-state index in [1.54, 1.807) is 6.08 Å². The Morgan fingerprint density at radius 1 is 1.04 bits per heavy atom. The van der Waals surface area contributed by atoms with Crippen LogP contribution in [0.4, 0.5) is 0 Å². The van der Waals surface area contributed by atoms with Crippen LogP contribution < -0.4 is 9.47 Å². The Kier molecular flexibility index (Phi) is 5.40. The van der Waals surface area contributed by atoms with Crippen molar-refractivity contribution >= 4 is 16.1 Å². The number of benzene rings is 2. The zero-order chi connectivity index (χ0) is 17.7. The average Bonchev–Trinajstić information content (AvgIpc) is 2.65. The topological polar surface area (TPSA) is 55.8 Å². The van der Waals surface area contributed by atoms with E-state index in [-0.39, 0.29) is 6.54 Å². The van der Waals surface area contributed by atoms with Gasteiger partial charge in [-0.1, -0.05) is 43.3 Å². The van der Waals surface area contributed by atoms with Gasteiger partial charge < -0.3 is 9.47 Å². The second-order valence-corrected chi connectivity index (χ2v) is 7.48. The van der Waals surface area contributed by atoms with Gasteiger partial charge >= 0.3 is 0 Å². The van der Waals surface area contributed by atoms with E-state index in [1.807, 2.05) is 55.5 Å². The van der Waals surface area contributed by atoms with E-state index >= 15 is 0 Å². The molecule has 3 rings (SSSR count). The molecule has 6 heteroatoms. The van der Waals surface area contributed by atoms with E-state index in [0.29, 0.717) is 31.3 Å². The molecule has 0 saturated heterocycles. The molecule has 1 heterocycles. The highest BCUT2D eigenvalue weighted by atomic mass is 32.2. The van der Waals surface area contributed by atoms with Crippen LogP contribution in [0.1, 0.15) is 18.1 Å². The molecule has 0 aliphatic carbocycles. The Bertz CT molecular complexity index is 847. The van der Waals surface area contributed by atoms with Crippen molar-refractivity contribution in [1.82, 2.24) is 4.31 Å². The van der Waals surface area contributed by atoms with Crippen LogP contribution in [0.15, 0.2) is 53.9 Å². The van der Waals surface area contributed by atoms with Gasteiger partial charge in [-0.25, -0.2) is 8.42 Å². The van der Waals surface area contributed by atoms with Crippen LogP contribution in [0.25, 0.3) is 6.08 Å². The molecule has 0 unspecified atom stereocenters. The lowest BCUT2D eigenvalue weighted by molar-refractivity contribution is 0.171. The van der Waals surface area contributed by atoms with Gasteiger partial charge in [-0.2, -0.15) is 4.31 Å². The molecule has 0 N–H and O–H groups in total. The summed E-state index contributed by atoms with van der Waals surface area (Å²) in [5.74, 6) is 1.36. The van der Waals surface area contributed by atoms with Crippen LogP contribution in [0.2, 0.25) is 0 Å². The fourth-order valence-electron chi connectivity index (χ4n) is 2.59. The Balaban J connectivity index is 1.76. The van der Waals surface area contributed by atoms with Crippen molar-refractivity contribution in [1.29, 1.82) is 0 Å². The van der Waals surface area contributed by atoms with Crippen molar-refractivity contribution in [3.05, 3.63) is 65.1 Å². The fourth-order valence-corrected chi connectivity index (χ4v) is 3.78. The third kappa shape index (κ3) is 4.41. The zero-order valence-corrected chi connectivity index (χ0v) is 14.9. The second kappa shape index (κ2) is 7.72. The molecule has 1 aliphatic heterocycles. The van der Waals surface area contributed by atoms with Gasteiger partial charge in [-0.05, 0) is 29.3 Å². The van der Waals surface area contributed by atoms with Crippen molar-refractivity contribution in [3.8, 4) is 11.5 Å². The fraction of sp³-hybridized carbons (Fsp3) is 0.263. The molecule has 0 bridgehead atoms. The van der Waals surface area contributed by atoms with E-state index in [1.165, 1.54) is 9.71 Å². The molecule has 2 aromatic rings. The van der Waals surface area contributed by atoms with Gasteiger partial charge in [0, 0.05) is 18.5 Å². The minimum absolute atomic E-state index is 0.286. The summed E-state index contributed by atoms with van der Waals surface area (Å²) in [5, 5.41) is 1.25. The van der Waals surface area contributed by atoms with Gasteiger partial charge in [0.1, 0.15) is 13.2 Å². The number of fused-ring (bicyclic) bond motifs is 1. The van der Waals surface area contributed by atoms with Gasteiger partial charge in [0.25, 0.3) is 0 Å². The maximum atomic E-state index is 12.6. The number of nitrogens with zero attached hydrogens (tertiary/aromatic N) is 1. The number of hydrogen-bond acceptors (Lipinski definition) is 4. The van der Waals surface area contributed by atoms with E-state index in [4.69, 9.17) is 9.47 Å². The van der Waals surface area contributed by atoms with Crippen molar-refractivity contribution in [2.45, 2.75) is 13.5 Å². The molecule has 5 nitrogen and oxygen atoms in total. The third-order valence-corrected chi connectivity index (χ3v) is 5.50. The summed E-state index contributed by atoms with van der Waals surface area (Å²) >= 11 is 0. The molecule has 0 aromatic heterocycles. The minimum atomic E-state index is -3.51. The molecular formula is C19H21NO4S. The SMILES string of the molecule is CCN(Cc1ccc2c(c1)OCCO2)S(=O)(=O)C=Cc1ccccc1. The van der Waals surface area contributed by atoms with Crippen LogP contribution in [-0.2, 0) is 16.6 Å². The molecule has 0 fully saturated rings. The molecule has 132 valence electrons. The van der Waals surface area contributed by atoms with Gasteiger partial charge in [-0.15, -0.1) is 0 Å². The number of ether oxygens (including phenoxy) is 2. The molecule has 0 saturated carbocycles. The van der Waals surface area contributed by atoms with Crippen LogP contribution in [0.3, 0.4) is 0 Å². The summed E-state index contributed by atoms with van der Waals surface area (Å²) in [5.41, 5.74) is 1.71. The Hall–Kier alpha value is -2.31. The van der Waals surface area contributed by atoms with Gasteiger partial charge in [-0.3, -0.25) is 0 Å². The lowest BCUT2D eigenvalue weighted by Gasteiger charge is -2.21. The quantitative estimate of drug-likeness (QED) is 0.794. The van der Waals surface area contributed by atoms with E-state index in [0.717, 1.165) is 11.1 Å². The first-order valence-corrected chi connectivity index (χ1v) is 9.70. The maximum absolute atomic E-state index is 12.6. The van der Waals surface area contributed by atoms with Crippen LogP contribution >= 0.6 is 0 Å². The Morgan fingerprint density at radius 3 is 2.48 bits per heavy atom. The molecule has 1 aliphatic rings. The summed E-state index contributed by atoms with van der Waals surface area (Å²) in [7, 11) is -3.51. The number of rotatable bonds is 6. The van der Waals surface area contributed by atoms with Gasteiger partial charge in [0.05, 0.1) is 0 Å². The molecule has 2 aromatic carbocycles. The van der Waals surface area contributed by atoms with Crippen molar-refractivity contribution < 1.29 is 17.9 Å². The second-order valence-electron chi connectivity index (χ2n) is 5.66. The zero-order valence-electron chi connectivity index (χ0n) is 14.1. The predicted octanol–water partition coefficient (Wildman–Crippen LogP) is 3.28. The van der Waals surface area contributed by atoms with Gasteiger partial charge in [0.2, 0.25) is 10.0 Å². The van der Waals surface area contributed by atoms with Crippen LogP contribution in [0.5, 0.6) is 11.5 Å². The molecule has 25 heavy (non-hydrogen) atoms. The number of hydrogen-bond donors (Lipinski definition) is 0. The largest absolute Gasteiger partial charge is 0.486 e. The third-order valence-electron chi connectivity index (χ3n) is 3.91. The van der Waals surface area contributed by atoms with E-state index in [2.05, 4.69) is 0 Å². The average molecular weight is 359 g/mol. The van der Waals surface area contributed by atoms with E-state index in [9.17, 15) is 8.42 Å². The van der Waals surface area contributed by atoms with Crippen molar-refractivity contribution in [2.24, 2.45) is 0 Å². The number of sulfonamides is 1. The van der Waals surface area contributed by atoms with Crippen LogP contribution in [0, 0.1) is 0 Å². The predicted molar refractivity (Wildman–Crippen MR) is 97.9 cm³/mol. The first kappa shape index (κ1) is 17.5. The summed E-state index contributed by atoms with van der Waals surface area (Å²) < 4.78 is 37.7. The molecular weight excluding hydrogens is 338 g/mol. The van der Waals surface area contributed by atoms with Gasteiger partial charge in [0.15, 0.2) is 11.5 Å². The monoisotopic (exact) mass is 359 g/mol. The highest BCUT2D eigenvalue weighted by molar-refractivity contribution is 7.92. The highest BCUT2D eigenvalue weighted by Crippen LogP contribution is 2.31. The molecule has 0 atom stereocenters. The smallest absolute Gasteiger partial charge is 0.236 e. The Labute approximate surface area is 148 Å². The lowest BCUT2D eigenvalue weighted by atomic mass is 10.2. The summed E-state index contributed by atoms with van der Waals surface area (Å²) in [6.45, 7) is 3.54. The van der Waals surface area contributed by atoms with Crippen LogP contribution in [-0.4, -0.2) is 32.5 Å². The molecule has 0 radical (unpaired) electrons. The standard InChI is InChI=1S/C19H21NO4S/c1-2-20(25(21,22)13-10-16-6-4-3-5-7-16)15-17-8-9-18-19(14-17)24-12-11-23-18/h3-10,13-14H,2,11-12,15H2,1H3. The summed E-state index contributed by atoms with van der Waals surface area (Å²) in [4.78, 5) is 0. The highest BCUT2D eigenvalue weighted by Gasteiger charge is 2.19. The Morgan fingerprint density at radius 2 is 1.76 bits per heavy atom. The first-order valence-electron chi connectivity index (χ1n) is 8.20. The lowest BCUT2D eigenvalue weighted by Crippen LogP contribution is -2.28. The molecule has 0 amide bonds. The maximum Gasteiger partial charge on any atom is 0.236 e. The van der Waals surface area contributed by atoms with Crippen molar-refractivity contribution in [2.75, 3.05) is 19.8 Å². The van der Waals surface area contributed by atoms with E-state index < -0.39 is 10.0 Å².